The summed E-state index contributed by atoms with van der Waals surface area (Å²) in [5.41, 5.74) is 2.39. The van der Waals surface area contributed by atoms with Gasteiger partial charge in [-0.1, -0.05) is 12.2 Å². The normalized spacial score (nSPS) is 17.1. The van der Waals surface area contributed by atoms with Gasteiger partial charge in [-0.25, -0.2) is 0 Å². The van der Waals surface area contributed by atoms with Crippen LogP contribution in [0.1, 0.15) is 19.4 Å². The molecule has 0 atom stereocenters. The van der Waals surface area contributed by atoms with E-state index >= 15 is 0 Å². The molecule has 74 valence electrons. The minimum Gasteiger partial charge on any atom is -0.497 e. The number of anilines is 1. The molecule has 0 amide bonds. The van der Waals surface area contributed by atoms with Crippen LogP contribution in [-0.2, 0) is 0 Å². The molecule has 0 fully saturated rings. The third-order valence-electron chi connectivity index (χ3n) is 2.40. The van der Waals surface area contributed by atoms with Gasteiger partial charge in [0, 0.05) is 11.3 Å². The van der Waals surface area contributed by atoms with Crippen molar-refractivity contribution in [3.63, 3.8) is 0 Å². The summed E-state index contributed by atoms with van der Waals surface area (Å²) in [4.78, 5) is 0. The second-order valence-electron chi connectivity index (χ2n) is 4.13. The zero-order chi connectivity index (χ0) is 10.2. The number of nitrogens with one attached hydrogen (secondary N) is 1. The molecule has 1 heterocycles. The fraction of sp³-hybridized carbons (Fsp3) is 0.333. The van der Waals surface area contributed by atoms with Crippen LogP contribution in [-0.4, -0.2) is 12.6 Å². The van der Waals surface area contributed by atoms with Crippen LogP contribution in [0.25, 0.3) is 6.08 Å². The molecule has 0 radical (unpaired) electrons. The minimum absolute atomic E-state index is 0.0432. The highest BCUT2D eigenvalue weighted by molar-refractivity contribution is 5.73. The van der Waals surface area contributed by atoms with Crippen LogP contribution in [0.4, 0.5) is 5.69 Å². The molecule has 0 spiro atoms. The van der Waals surface area contributed by atoms with Crippen molar-refractivity contribution in [2.75, 3.05) is 12.4 Å². The van der Waals surface area contributed by atoms with Gasteiger partial charge in [-0.15, -0.1) is 0 Å². The number of ether oxygens (including phenoxy) is 1. The molecule has 0 bridgehead atoms. The van der Waals surface area contributed by atoms with Gasteiger partial charge in [0.05, 0.1) is 12.6 Å². The van der Waals surface area contributed by atoms with E-state index in [1.54, 1.807) is 7.11 Å². The molecule has 1 aliphatic heterocycles. The first kappa shape index (κ1) is 9.13. The lowest BCUT2D eigenvalue weighted by Gasteiger charge is -2.29. The Bertz CT molecular complexity index is 380. The Balaban J connectivity index is 2.41. The van der Waals surface area contributed by atoms with E-state index in [0.717, 1.165) is 5.75 Å². The van der Waals surface area contributed by atoms with E-state index in [9.17, 15) is 0 Å². The molecule has 2 nitrogen and oxygen atoms in total. The maximum absolute atomic E-state index is 5.17. The molecule has 0 aliphatic carbocycles. The van der Waals surface area contributed by atoms with Crippen molar-refractivity contribution in [1.29, 1.82) is 0 Å². The molecule has 1 aromatic carbocycles. The lowest BCUT2D eigenvalue weighted by Crippen LogP contribution is -2.30. The van der Waals surface area contributed by atoms with Crippen LogP contribution in [0.3, 0.4) is 0 Å². The first-order chi connectivity index (χ1) is 6.61. The highest BCUT2D eigenvalue weighted by Crippen LogP contribution is 2.30. The zero-order valence-corrected chi connectivity index (χ0v) is 8.79. The van der Waals surface area contributed by atoms with Gasteiger partial charge in [0.15, 0.2) is 0 Å². The fourth-order valence-corrected chi connectivity index (χ4v) is 1.61. The van der Waals surface area contributed by atoms with Gasteiger partial charge >= 0.3 is 0 Å². The molecule has 0 unspecified atom stereocenters. The van der Waals surface area contributed by atoms with Gasteiger partial charge in [0.25, 0.3) is 0 Å². The first-order valence-corrected chi connectivity index (χ1v) is 4.76. The van der Waals surface area contributed by atoms with E-state index in [1.807, 2.05) is 12.1 Å². The maximum atomic E-state index is 5.17. The Hall–Kier alpha value is -1.44. The van der Waals surface area contributed by atoms with Gasteiger partial charge in [-0.3, -0.25) is 0 Å². The number of hydrogen-bond donors (Lipinski definition) is 1. The van der Waals surface area contributed by atoms with Crippen molar-refractivity contribution in [1.82, 2.24) is 0 Å². The highest BCUT2D eigenvalue weighted by atomic mass is 16.5. The second kappa shape index (κ2) is 3.05. The third-order valence-corrected chi connectivity index (χ3v) is 2.40. The Morgan fingerprint density at radius 3 is 2.79 bits per heavy atom. The van der Waals surface area contributed by atoms with Crippen molar-refractivity contribution in [3.05, 3.63) is 29.8 Å². The largest absolute Gasteiger partial charge is 0.497 e. The lowest BCUT2D eigenvalue weighted by atomic mass is 9.97. The van der Waals surface area contributed by atoms with Crippen LogP contribution in [0.15, 0.2) is 24.3 Å². The standard InChI is InChI=1S/C12H15NO/c1-12(2)7-6-9-8-10(14-3)4-5-11(9)13-12/h4-8,13H,1-3H3. The van der Waals surface area contributed by atoms with Crippen LogP contribution < -0.4 is 10.1 Å². The monoisotopic (exact) mass is 189 g/mol. The average Bonchev–Trinajstić information content (AvgIpc) is 2.16. The lowest BCUT2D eigenvalue weighted by molar-refractivity contribution is 0.414. The van der Waals surface area contributed by atoms with Gasteiger partial charge in [0.2, 0.25) is 0 Å². The van der Waals surface area contributed by atoms with E-state index < -0.39 is 0 Å². The van der Waals surface area contributed by atoms with Crippen LogP contribution in [0, 0.1) is 0 Å². The summed E-state index contributed by atoms with van der Waals surface area (Å²) in [7, 11) is 1.69. The number of rotatable bonds is 1. The predicted octanol–water partition coefficient (Wildman–Crippen LogP) is 2.91. The molecule has 0 saturated carbocycles. The molecular weight excluding hydrogens is 174 g/mol. The fourth-order valence-electron chi connectivity index (χ4n) is 1.61. The Morgan fingerprint density at radius 2 is 2.07 bits per heavy atom. The van der Waals surface area contributed by atoms with Gasteiger partial charge < -0.3 is 10.1 Å². The van der Waals surface area contributed by atoms with Crippen LogP contribution >= 0.6 is 0 Å². The van der Waals surface area contributed by atoms with E-state index in [1.165, 1.54) is 11.3 Å². The molecule has 1 aromatic rings. The van der Waals surface area contributed by atoms with Gasteiger partial charge in [-0.05, 0) is 32.0 Å². The van der Waals surface area contributed by atoms with Crippen LogP contribution in [0.5, 0.6) is 5.75 Å². The van der Waals surface area contributed by atoms with E-state index in [2.05, 4.69) is 37.4 Å². The van der Waals surface area contributed by atoms with E-state index in [0.29, 0.717) is 0 Å². The van der Waals surface area contributed by atoms with Crippen molar-refractivity contribution in [2.45, 2.75) is 19.4 Å². The summed E-state index contributed by atoms with van der Waals surface area (Å²) in [6.45, 7) is 4.30. The average molecular weight is 189 g/mol. The molecular formula is C12H15NO. The molecule has 0 saturated heterocycles. The first-order valence-electron chi connectivity index (χ1n) is 4.76. The number of hydrogen-bond acceptors (Lipinski definition) is 2. The van der Waals surface area contributed by atoms with E-state index in [-0.39, 0.29) is 5.54 Å². The summed E-state index contributed by atoms with van der Waals surface area (Å²) in [5, 5.41) is 3.45. The van der Waals surface area contributed by atoms with Crippen molar-refractivity contribution < 1.29 is 4.74 Å². The summed E-state index contributed by atoms with van der Waals surface area (Å²) < 4.78 is 5.17. The quantitative estimate of drug-likeness (QED) is 0.733. The predicted molar refractivity (Wildman–Crippen MR) is 59.7 cm³/mol. The van der Waals surface area contributed by atoms with Crippen molar-refractivity contribution in [2.24, 2.45) is 0 Å². The molecule has 14 heavy (non-hydrogen) atoms. The molecule has 1 aliphatic rings. The van der Waals surface area contributed by atoms with Gasteiger partial charge in [0.1, 0.15) is 5.75 Å². The second-order valence-corrected chi connectivity index (χ2v) is 4.13. The molecule has 2 heteroatoms. The summed E-state index contributed by atoms with van der Waals surface area (Å²) >= 11 is 0. The van der Waals surface area contributed by atoms with E-state index in [4.69, 9.17) is 4.74 Å². The molecule has 1 N–H and O–H groups in total. The maximum Gasteiger partial charge on any atom is 0.119 e. The number of fused-ring (bicyclic) bond motifs is 1. The SMILES string of the molecule is COc1ccc2c(c1)C=CC(C)(C)N2. The summed E-state index contributed by atoms with van der Waals surface area (Å²) in [6, 6.07) is 6.06. The summed E-state index contributed by atoms with van der Waals surface area (Å²) in [5.74, 6) is 0.898. The molecule has 0 aromatic heterocycles. The van der Waals surface area contributed by atoms with Gasteiger partial charge in [-0.2, -0.15) is 0 Å². The Labute approximate surface area is 84.6 Å². The van der Waals surface area contributed by atoms with Crippen molar-refractivity contribution >= 4 is 11.8 Å². The van der Waals surface area contributed by atoms with Crippen molar-refractivity contribution in [3.8, 4) is 5.75 Å². The third kappa shape index (κ3) is 1.60. The highest BCUT2D eigenvalue weighted by Gasteiger charge is 2.18. The number of benzene rings is 1. The Kier molecular flexibility index (Phi) is 1.99. The Morgan fingerprint density at radius 1 is 1.29 bits per heavy atom. The minimum atomic E-state index is 0.0432. The smallest absolute Gasteiger partial charge is 0.119 e. The number of methoxy groups -OCH3 is 1. The topological polar surface area (TPSA) is 21.3 Å². The zero-order valence-electron chi connectivity index (χ0n) is 8.79. The molecule has 2 rings (SSSR count). The summed E-state index contributed by atoms with van der Waals surface area (Å²) in [6.07, 6.45) is 4.29. The van der Waals surface area contributed by atoms with Crippen LogP contribution in [0.2, 0.25) is 0 Å².